The molecule has 1 unspecified atom stereocenters. The van der Waals surface area contributed by atoms with E-state index in [1.807, 2.05) is 86.6 Å². The number of hydrogen-bond donors (Lipinski definition) is 1. The van der Waals surface area contributed by atoms with E-state index in [4.69, 9.17) is 14.9 Å². The number of carbonyl (C=O) groups is 1. The van der Waals surface area contributed by atoms with E-state index < -0.39 is 11.6 Å². The molecule has 0 radical (unpaired) electrons. The van der Waals surface area contributed by atoms with Crippen molar-refractivity contribution in [1.82, 2.24) is 9.55 Å². The third-order valence-electron chi connectivity index (χ3n) is 7.18. The zero-order chi connectivity index (χ0) is 27.6. The lowest BCUT2D eigenvalue weighted by Crippen LogP contribution is -2.25. The Morgan fingerprint density at radius 2 is 1.82 bits per heavy atom. The SMILES string of the molecule is C=C(C)c1ccc(-n2c(CCCCC(=O)O)nc3cc(C4(C)CC(c5ccccc5)=NO4)ccc3c2=O)cc1. The molecule has 7 heteroatoms. The fraction of sp³-hybridized carbons (Fsp3) is 0.250. The van der Waals surface area contributed by atoms with E-state index in [0.717, 1.165) is 28.0 Å². The van der Waals surface area contributed by atoms with Crippen LogP contribution >= 0.6 is 0 Å². The largest absolute Gasteiger partial charge is 0.481 e. The van der Waals surface area contributed by atoms with Gasteiger partial charge in [-0.05, 0) is 62.1 Å². The molecular formula is C32H31N3O4. The van der Waals surface area contributed by atoms with Gasteiger partial charge in [-0.25, -0.2) is 4.98 Å². The van der Waals surface area contributed by atoms with E-state index in [1.54, 1.807) is 4.57 Å². The number of unbranched alkanes of at least 4 members (excludes halogenated alkanes) is 1. The van der Waals surface area contributed by atoms with Gasteiger partial charge >= 0.3 is 5.97 Å². The summed E-state index contributed by atoms with van der Waals surface area (Å²) in [7, 11) is 0. The fourth-order valence-electron chi connectivity index (χ4n) is 4.93. The summed E-state index contributed by atoms with van der Waals surface area (Å²) in [6, 6.07) is 23.2. The normalized spacial score (nSPS) is 16.6. The van der Waals surface area contributed by atoms with Gasteiger partial charge in [-0.3, -0.25) is 14.2 Å². The first-order chi connectivity index (χ1) is 18.7. The number of rotatable bonds is 9. The average Bonchev–Trinajstić information content (AvgIpc) is 3.34. The standard InChI is InChI=1S/C32H31N3O4/c1-21(2)22-13-16-25(17-14-22)35-29(11-7-8-12-30(36)37)33-27-19-24(15-18-26(27)31(35)38)32(3)20-28(34-39-32)23-9-5-4-6-10-23/h4-6,9-10,13-19H,1,7-8,11-12,20H2,2-3H3,(H,36,37). The van der Waals surface area contributed by atoms with Crippen molar-refractivity contribution in [2.75, 3.05) is 0 Å². The molecule has 3 aromatic carbocycles. The predicted molar refractivity (Wildman–Crippen MR) is 153 cm³/mol. The quantitative estimate of drug-likeness (QED) is 0.263. The van der Waals surface area contributed by atoms with Crippen LogP contribution in [-0.4, -0.2) is 26.3 Å². The topological polar surface area (TPSA) is 93.8 Å². The molecule has 1 atom stereocenters. The van der Waals surface area contributed by atoms with Crippen molar-refractivity contribution in [3.63, 3.8) is 0 Å². The Bertz CT molecular complexity index is 1640. The van der Waals surface area contributed by atoms with Crippen molar-refractivity contribution in [3.8, 4) is 5.69 Å². The van der Waals surface area contributed by atoms with Gasteiger partial charge in [0.25, 0.3) is 5.56 Å². The molecule has 1 aliphatic heterocycles. The number of oxime groups is 1. The monoisotopic (exact) mass is 521 g/mol. The second kappa shape index (κ2) is 10.7. The van der Waals surface area contributed by atoms with Gasteiger partial charge in [-0.2, -0.15) is 0 Å². The summed E-state index contributed by atoms with van der Waals surface area (Å²) in [5, 5.41) is 13.9. The maximum absolute atomic E-state index is 13.8. The van der Waals surface area contributed by atoms with Crippen LogP contribution in [0.15, 0.2) is 89.3 Å². The molecule has 0 fully saturated rings. The van der Waals surface area contributed by atoms with Crippen LogP contribution in [0.25, 0.3) is 22.2 Å². The lowest BCUT2D eigenvalue weighted by atomic mass is 9.88. The zero-order valence-corrected chi connectivity index (χ0v) is 22.2. The van der Waals surface area contributed by atoms with Gasteiger partial charge in [-0.1, -0.05) is 65.8 Å². The molecule has 0 spiro atoms. The molecule has 1 aliphatic rings. The van der Waals surface area contributed by atoms with Crippen LogP contribution in [0.1, 0.15) is 62.0 Å². The summed E-state index contributed by atoms with van der Waals surface area (Å²) in [5.74, 6) is -0.238. The van der Waals surface area contributed by atoms with Gasteiger partial charge in [0.05, 0.1) is 22.3 Å². The Morgan fingerprint density at radius 1 is 1.08 bits per heavy atom. The smallest absolute Gasteiger partial charge is 0.303 e. The van der Waals surface area contributed by atoms with Crippen molar-refractivity contribution >= 4 is 28.2 Å². The Balaban J connectivity index is 1.53. The number of allylic oxidation sites excluding steroid dienone is 1. The van der Waals surface area contributed by atoms with E-state index in [1.165, 1.54) is 0 Å². The molecule has 5 rings (SSSR count). The third kappa shape index (κ3) is 5.39. The van der Waals surface area contributed by atoms with Crippen LogP contribution in [0.5, 0.6) is 0 Å². The molecular weight excluding hydrogens is 490 g/mol. The van der Waals surface area contributed by atoms with Gasteiger partial charge in [0.1, 0.15) is 5.82 Å². The molecule has 4 aromatic rings. The predicted octanol–water partition coefficient (Wildman–Crippen LogP) is 6.26. The highest BCUT2D eigenvalue weighted by Gasteiger charge is 2.37. The lowest BCUT2D eigenvalue weighted by molar-refractivity contribution is -0.137. The number of aliphatic carboxylic acids is 1. The Kier molecular flexibility index (Phi) is 7.15. The number of benzene rings is 3. The Morgan fingerprint density at radius 3 is 2.51 bits per heavy atom. The fourth-order valence-corrected chi connectivity index (χ4v) is 4.93. The summed E-state index contributed by atoms with van der Waals surface area (Å²) in [6.45, 7) is 7.92. The van der Waals surface area contributed by atoms with E-state index in [0.29, 0.717) is 48.1 Å². The maximum Gasteiger partial charge on any atom is 0.303 e. The first-order valence-electron chi connectivity index (χ1n) is 13.1. The molecule has 7 nitrogen and oxygen atoms in total. The number of carboxylic acid groups (broad SMARTS) is 1. The van der Waals surface area contributed by atoms with Gasteiger partial charge < -0.3 is 9.94 Å². The highest BCUT2D eigenvalue weighted by Crippen LogP contribution is 2.37. The number of nitrogens with zero attached hydrogens (tertiary/aromatic N) is 3. The summed E-state index contributed by atoms with van der Waals surface area (Å²) < 4.78 is 1.63. The summed E-state index contributed by atoms with van der Waals surface area (Å²) in [4.78, 5) is 35.7. The first-order valence-corrected chi connectivity index (χ1v) is 13.1. The molecule has 0 aliphatic carbocycles. The minimum atomic E-state index is -0.833. The minimum absolute atomic E-state index is 0.0781. The Labute approximate surface area is 227 Å². The van der Waals surface area contributed by atoms with E-state index in [9.17, 15) is 9.59 Å². The van der Waals surface area contributed by atoms with Crippen LogP contribution in [0.2, 0.25) is 0 Å². The van der Waals surface area contributed by atoms with Crippen LogP contribution in [-0.2, 0) is 21.7 Å². The molecule has 1 N–H and O–H groups in total. The van der Waals surface area contributed by atoms with Gasteiger partial charge in [0.15, 0.2) is 5.60 Å². The number of hydrogen-bond acceptors (Lipinski definition) is 5. The van der Waals surface area contributed by atoms with E-state index >= 15 is 0 Å². The van der Waals surface area contributed by atoms with Crippen molar-refractivity contribution in [1.29, 1.82) is 0 Å². The molecule has 198 valence electrons. The van der Waals surface area contributed by atoms with Crippen molar-refractivity contribution < 1.29 is 14.7 Å². The molecule has 2 heterocycles. The summed E-state index contributed by atoms with van der Waals surface area (Å²) >= 11 is 0. The third-order valence-corrected chi connectivity index (χ3v) is 7.18. The Hall–Kier alpha value is -4.52. The van der Waals surface area contributed by atoms with Crippen molar-refractivity contribution in [2.24, 2.45) is 5.16 Å². The van der Waals surface area contributed by atoms with E-state index in [2.05, 4.69) is 11.7 Å². The summed E-state index contributed by atoms with van der Waals surface area (Å²) in [5.41, 5.74) is 5.16. The van der Waals surface area contributed by atoms with Crippen LogP contribution in [0, 0.1) is 0 Å². The minimum Gasteiger partial charge on any atom is -0.481 e. The highest BCUT2D eigenvalue weighted by atomic mass is 16.7. The van der Waals surface area contributed by atoms with Gasteiger partial charge in [0.2, 0.25) is 0 Å². The second-order valence-electron chi connectivity index (χ2n) is 10.2. The number of carboxylic acids is 1. The van der Waals surface area contributed by atoms with Gasteiger partial charge in [-0.15, -0.1) is 0 Å². The van der Waals surface area contributed by atoms with E-state index in [-0.39, 0.29) is 12.0 Å². The molecule has 0 saturated carbocycles. The molecule has 39 heavy (non-hydrogen) atoms. The van der Waals surface area contributed by atoms with Crippen molar-refractivity contribution in [2.45, 2.75) is 51.6 Å². The molecule has 1 aromatic heterocycles. The molecule has 0 saturated heterocycles. The highest BCUT2D eigenvalue weighted by molar-refractivity contribution is 6.01. The van der Waals surface area contributed by atoms with Crippen LogP contribution in [0.4, 0.5) is 0 Å². The van der Waals surface area contributed by atoms with Crippen LogP contribution < -0.4 is 5.56 Å². The number of aryl methyl sites for hydroxylation is 1. The summed E-state index contributed by atoms with van der Waals surface area (Å²) in [6.07, 6.45) is 2.25. The first kappa shape index (κ1) is 26.1. The number of aromatic nitrogens is 2. The zero-order valence-electron chi connectivity index (χ0n) is 22.2. The second-order valence-corrected chi connectivity index (χ2v) is 10.2. The maximum atomic E-state index is 13.8. The van der Waals surface area contributed by atoms with Crippen molar-refractivity contribution in [3.05, 3.63) is 112 Å². The number of fused-ring (bicyclic) bond motifs is 1. The van der Waals surface area contributed by atoms with Crippen LogP contribution in [0.3, 0.4) is 0 Å². The molecule has 0 bridgehead atoms. The molecule has 0 amide bonds. The van der Waals surface area contributed by atoms with Gasteiger partial charge in [0, 0.05) is 24.8 Å². The average molecular weight is 522 g/mol. The lowest BCUT2D eigenvalue weighted by Gasteiger charge is -2.22.